The molecule has 0 spiro atoms. The Bertz CT molecular complexity index is 2010. The second-order valence-corrected chi connectivity index (χ2v) is 12.3. The van der Waals surface area contributed by atoms with Gasteiger partial charge in [0.2, 0.25) is 5.13 Å². The summed E-state index contributed by atoms with van der Waals surface area (Å²) in [4.78, 5) is 33.4. The summed E-state index contributed by atoms with van der Waals surface area (Å²) in [5, 5.41) is 20.5. The molecule has 1 unspecified atom stereocenters. The Morgan fingerprint density at radius 2 is 1.91 bits per heavy atom. The Labute approximate surface area is 271 Å². The third-order valence-electron chi connectivity index (χ3n) is 7.22. The molecule has 1 saturated heterocycles. The molecule has 0 bridgehead atoms. The predicted molar refractivity (Wildman–Crippen MR) is 174 cm³/mol. The van der Waals surface area contributed by atoms with Gasteiger partial charge in [-0.25, -0.2) is 9.37 Å². The number of thioether (sulfide) groups is 1. The Morgan fingerprint density at radius 1 is 1.11 bits per heavy atom. The number of ketones is 1. The second kappa shape index (κ2) is 13.2. The minimum absolute atomic E-state index is 0.141. The van der Waals surface area contributed by atoms with Crippen LogP contribution in [-0.4, -0.2) is 49.6 Å². The van der Waals surface area contributed by atoms with Crippen molar-refractivity contribution in [2.75, 3.05) is 18.1 Å². The molecule has 5 aromatic rings. The van der Waals surface area contributed by atoms with Gasteiger partial charge in [0.25, 0.3) is 5.78 Å². The van der Waals surface area contributed by atoms with Crippen LogP contribution in [0.2, 0.25) is 0 Å². The minimum atomic E-state index is -1.10. The average Bonchev–Trinajstić information content (AvgIpc) is 3.73. The minimum Gasteiger partial charge on any atom is -0.505 e. The summed E-state index contributed by atoms with van der Waals surface area (Å²) in [5.74, 6) is -1.37. The number of carbonyl (C=O) groups is 2. The number of anilines is 1. The molecular formula is C33H28FN5O5S2. The van der Waals surface area contributed by atoms with E-state index in [2.05, 4.69) is 21.8 Å². The van der Waals surface area contributed by atoms with Gasteiger partial charge in [-0.2, -0.15) is 0 Å². The van der Waals surface area contributed by atoms with Crippen molar-refractivity contribution in [2.24, 2.45) is 0 Å². The van der Waals surface area contributed by atoms with Crippen molar-refractivity contribution in [3.05, 3.63) is 113 Å². The molecule has 1 aliphatic heterocycles. The van der Waals surface area contributed by atoms with Crippen LogP contribution in [0.4, 0.5) is 9.52 Å². The van der Waals surface area contributed by atoms with Crippen LogP contribution >= 0.6 is 23.1 Å². The summed E-state index contributed by atoms with van der Waals surface area (Å²) in [6.07, 6.45) is 3.33. The van der Waals surface area contributed by atoms with Crippen LogP contribution in [0.3, 0.4) is 0 Å². The molecule has 1 aliphatic rings. The van der Waals surface area contributed by atoms with Crippen molar-refractivity contribution in [2.45, 2.75) is 30.0 Å². The molecule has 1 amide bonds. The maximum absolute atomic E-state index is 14.2. The van der Waals surface area contributed by atoms with E-state index in [4.69, 9.17) is 9.47 Å². The molecule has 46 heavy (non-hydrogen) atoms. The quantitative estimate of drug-likeness (QED) is 0.0423. The molecule has 1 N–H and O–H groups in total. The van der Waals surface area contributed by atoms with Crippen LogP contribution in [-0.2, 0) is 15.3 Å². The Kier molecular flexibility index (Phi) is 8.86. The SMILES string of the molecule is C=CCOc1ccc(C2/C(=C(\O)c3c(C)nc4ccccn34)C(=O)C(=O)N2c2nnc(SCc3ccccc3F)s2)cc1OCC. The summed E-state index contributed by atoms with van der Waals surface area (Å²) < 4.78 is 28.0. The lowest BCUT2D eigenvalue weighted by atomic mass is 9.96. The number of aliphatic hydroxyl groups is 1. The van der Waals surface area contributed by atoms with Crippen molar-refractivity contribution >= 4 is 51.3 Å². The highest BCUT2D eigenvalue weighted by Gasteiger charge is 2.49. The lowest BCUT2D eigenvalue weighted by molar-refractivity contribution is -0.132. The molecule has 0 radical (unpaired) electrons. The molecule has 3 aromatic heterocycles. The average molecular weight is 658 g/mol. The first-order chi connectivity index (χ1) is 22.3. The normalized spacial score (nSPS) is 15.9. The summed E-state index contributed by atoms with van der Waals surface area (Å²) in [7, 11) is 0. The number of carbonyl (C=O) groups excluding carboxylic acids is 2. The Morgan fingerprint density at radius 3 is 2.70 bits per heavy atom. The molecule has 4 heterocycles. The van der Waals surface area contributed by atoms with Gasteiger partial charge in [0.1, 0.15) is 23.8 Å². The van der Waals surface area contributed by atoms with E-state index in [1.54, 1.807) is 72.1 Å². The fourth-order valence-electron chi connectivity index (χ4n) is 5.22. The lowest BCUT2D eigenvalue weighted by Gasteiger charge is -2.23. The molecule has 2 aromatic carbocycles. The maximum Gasteiger partial charge on any atom is 0.301 e. The third kappa shape index (κ3) is 5.74. The van der Waals surface area contributed by atoms with Crippen molar-refractivity contribution in [3.8, 4) is 11.5 Å². The van der Waals surface area contributed by atoms with Gasteiger partial charge in [0, 0.05) is 11.9 Å². The van der Waals surface area contributed by atoms with Gasteiger partial charge < -0.3 is 14.6 Å². The molecule has 13 heteroatoms. The largest absolute Gasteiger partial charge is 0.505 e. The number of aliphatic hydroxyl groups excluding tert-OH is 1. The monoisotopic (exact) mass is 657 g/mol. The zero-order valence-corrected chi connectivity index (χ0v) is 26.5. The van der Waals surface area contributed by atoms with Crippen LogP contribution in [0.5, 0.6) is 11.5 Å². The number of pyridine rings is 1. The molecule has 1 fully saturated rings. The molecule has 0 saturated carbocycles. The first-order valence-corrected chi connectivity index (χ1v) is 16.1. The van der Waals surface area contributed by atoms with Crippen LogP contribution in [0.15, 0.2) is 89.4 Å². The smallest absolute Gasteiger partial charge is 0.301 e. The highest BCUT2D eigenvalue weighted by Crippen LogP contribution is 2.46. The standard InChI is InChI=1S/C33H28FN5O5S2/c1-4-16-44-23-14-13-20(17-24(23)43-5-2)28-26(29(40)27-19(3)35-25-12-8-9-15-38(25)27)30(41)31(42)39(28)32-36-37-33(46-32)45-18-21-10-6-7-11-22(21)34/h4,6-15,17,28,40H,1,5,16,18H2,2-3H3/b29-26+. The van der Waals surface area contributed by atoms with Crippen LogP contribution in [0.25, 0.3) is 11.4 Å². The van der Waals surface area contributed by atoms with E-state index in [-0.39, 0.29) is 34.6 Å². The number of rotatable bonds is 11. The van der Waals surface area contributed by atoms with Gasteiger partial charge in [0.05, 0.1) is 23.9 Å². The van der Waals surface area contributed by atoms with E-state index in [1.807, 2.05) is 13.0 Å². The summed E-state index contributed by atoms with van der Waals surface area (Å²) >= 11 is 2.35. The highest BCUT2D eigenvalue weighted by molar-refractivity contribution is 8.00. The van der Waals surface area contributed by atoms with Gasteiger partial charge in [-0.05, 0) is 55.3 Å². The summed E-state index contributed by atoms with van der Waals surface area (Å²) in [5.41, 5.74) is 2.15. The number of halogens is 1. The maximum atomic E-state index is 14.2. The molecule has 234 valence electrons. The Hall–Kier alpha value is -5.01. The van der Waals surface area contributed by atoms with Gasteiger partial charge in [-0.1, -0.05) is 66.1 Å². The number of fused-ring (bicyclic) bond motifs is 1. The second-order valence-electron chi connectivity index (χ2n) is 10.1. The van der Waals surface area contributed by atoms with E-state index >= 15 is 0 Å². The van der Waals surface area contributed by atoms with Crippen molar-refractivity contribution < 1.29 is 28.6 Å². The number of amides is 1. The van der Waals surface area contributed by atoms with E-state index in [0.29, 0.717) is 50.7 Å². The van der Waals surface area contributed by atoms with E-state index in [9.17, 15) is 19.1 Å². The van der Waals surface area contributed by atoms with E-state index in [0.717, 1.165) is 11.3 Å². The van der Waals surface area contributed by atoms with Gasteiger partial charge in [-0.15, -0.1) is 10.2 Å². The number of imidazole rings is 1. The third-order valence-corrected chi connectivity index (χ3v) is 9.33. The van der Waals surface area contributed by atoms with Gasteiger partial charge >= 0.3 is 5.91 Å². The number of hydrogen-bond donors (Lipinski definition) is 1. The summed E-state index contributed by atoms with van der Waals surface area (Å²) in [6, 6.07) is 15.8. The topological polar surface area (TPSA) is 119 Å². The number of benzene rings is 2. The first kappa shape index (κ1) is 31.0. The molecule has 6 rings (SSSR count). The number of hydrogen-bond acceptors (Lipinski definition) is 10. The van der Waals surface area contributed by atoms with E-state index < -0.39 is 17.7 Å². The van der Waals surface area contributed by atoms with Crippen LogP contribution < -0.4 is 14.4 Å². The molecular weight excluding hydrogens is 630 g/mol. The fourth-order valence-corrected chi connectivity index (χ4v) is 7.07. The lowest BCUT2D eigenvalue weighted by Crippen LogP contribution is -2.29. The van der Waals surface area contributed by atoms with Crippen LogP contribution in [0.1, 0.15) is 35.5 Å². The zero-order chi connectivity index (χ0) is 32.4. The van der Waals surface area contributed by atoms with Crippen LogP contribution in [0, 0.1) is 12.7 Å². The number of aryl methyl sites for hydroxylation is 1. The highest BCUT2D eigenvalue weighted by atomic mass is 32.2. The molecule has 0 aliphatic carbocycles. The first-order valence-electron chi connectivity index (χ1n) is 14.3. The van der Waals surface area contributed by atoms with Crippen molar-refractivity contribution in [1.29, 1.82) is 0 Å². The number of nitrogens with zero attached hydrogens (tertiary/aromatic N) is 5. The number of ether oxygens (including phenoxy) is 2. The summed E-state index contributed by atoms with van der Waals surface area (Å²) in [6.45, 7) is 7.80. The number of Topliss-reactive ketones (excluding diaryl/α,β-unsaturated/α-hetero) is 1. The molecule has 10 nitrogen and oxygen atoms in total. The number of aromatic nitrogens is 4. The van der Waals surface area contributed by atoms with Crippen molar-refractivity contribution in [1.82, 2.24) is 19.6 Å². The Balaban J connectivity index is 1.47. The van der Waals surface area contributed by atoms with E-state index in [1.165, 1.54) is 22.7 Å². The zero-order valence-electron chi connectivity index (χ0n) is 24.8. The molecule has 1 atom stereocenters. The van der Waals surface area contributed by atoms with Gasteiger partial charge in [0.15, 0.2) is 21.6 Å². The van der Waals surface area contributed by atoms with Crippen molar-refractivity contribution in [3.63, 3.8) is 0 Å². The fraction of sp³-hybridized carbons (Fsp3) is 0.182. The van der Waals surface area contributed by atoms with Gasteiger partial charge in [-0.3, -0.25) is 18.9 Å². The predicted octanol–water partition coefficient (Wildman–Crippen LogP) is 6.52.